The minimum absolute atomic E-state index is 0.511. The third kappa shape index (κ3) is 3.90. The van der Waals surface area contributed by atoms with Crippen molar-refractivity contribution in [3.8, 4) is 22.8 Å². The van der Waals surface area contributed by atoms with E-state index in [9.17, 15) is 0 Å². The minimum atomic E-state index is 0.511. The molecular formula is C23H19N3. The summed E-state index contributed by atoms with van der Waals surface area (Å²) < 4.78 is 0. The molecule has 0 N–H and O–H groups in total. The van der Waals surface area contributed by atoms with Gasteiger partial charge in [0, 0.05) is 16.7 Å². The molecule has 0 amide bonds. The molecule has 0 radical (unpaired) electrons. The number of nitrogens with zero attached hydrogens (tertiary/aromatic N) is 3. The van der Waals surface area contributed by atoms with E-state index in [0.717, 1.165) is 16.7 Å². The molecule has 0 spiro atoms. The molecule has 0 aliphatic carbocycles. The third-order valence-electron chi connectivity index (χ3n) is 3.79. The molecule has 126 valence electrons. The van der Waals surface area contributed by atoms with Gasteiger partial charge in [0.2, 0.25) is 0 Å². The van der Waals surface area contributed by atoms with Gasteiger partial charge >= 0.3 is 0 Å². The summed E-state index contributed by atoms with van der Waals surface area (Å²) in [5.41, 5.74) is 3.23. The maximum atomic E-state index is 4.65. The molecule has 0 fully saturated rings. The van der Waals surface area contributed by atoms with E-state index in [1.807, 2.05) is 72.8 Å². The van der Waals surface area contributed by atoms with Crippen LogP contribution < -0.4 is 0 Å². The summed E-state index contributed by atoms with van der Waals surface area (Å²) in [6.07, 6.45) is 5.34. The van der Waals surface area contributed by atoms with Gasteiger partial charge < -0.3 is 0 Å². The summed E-state index contributed by atoms with van der Waals surface area (Å²) in [7, 11) is 0. The molecule has 3 aromatic rings. The van der Waals surface area contributed by atoms with Crippen molar-refractivity contribution < 1.29 is 0 Å². The molecule has 3 rings (SSSR count). The molecule has 0 unspecified atom stereocenters. The van der Waals surface area contributed by atoms with E-state index in [4.69, 9.17) is 0 Å². The second-order valence-corrected chi connectivity index (χ2v) is 5.64. The molecule has 0 saturated heterocycles. The number of aromatic nitrogens is 3. The van der Waals surface area contributed by atoms with Crippen LogP contribution in [0.1, 0.15) is 5.82 Å². The Bertz CT molecular complexity index is 913. The molecule has 0 atom stereocenters. The largest absolute Gasteiger partial charge is 0.208 e. The quantitative estimate of drug-likeness (QED) is 0.556. The molecule has 2 aromatic carbocycles. The van der Waals surface area contributed by atoms with Crippen molar-refractivity contribution in [2.75, 3.05) is 0 Å². The third-order valence-corrected chi connectivity index (χ3v) is 3.79. The molecule has 3 nitrogen and oxygen atoms in total. The zero-order valence-electron chi connectivity index (χ0n) is 14.5. The fourth-order valence-corrected chi connectivity index (χ4v) is 2.37. The smallest absolute Gasteiger partial charge is 0.164 e. The van der Waals surface area contributed by atoms with Gasteiger partial charge in [-0.25, -0.2) is 15.0 Å². The highest BCUT2D eigenvalue weighted by Crippen LogP contribution is 2.24. The van der Waals surface area contributed by atoms with Crippen molar-refractivity contribution in [3.05, 3.63) is 110 Å². The van der Waals surface area contributed by atoms with E-state index in [0.29, 0.717) is 23.0 Å². The highest BCUT2D eigenvalue weighted by atomic mass is 15.0. The van der Waals surface area contributed by atoms with E-state index in [1.54, 1.807) is 6.08 Å². The van der Waals surface area contributed by atoms with Gasteiger partial charge in [-0.2, -0.15) is 0 Å². The average Bonchev–Trinajstić information content (AvgIpc) is 2.72. The van der Waals surface area contributed by atoms with Crippen molar-refractivity contribution in [1.82, 2.24) is 15.0 Å². The molecule has 0 aliphatic rings. The summed E-state index contributed by atoms with van der Waals surface area (Å²) in [5, 5.41) is 0. The van der Waals surface area contributed by atoms with E-state index in [1.165, 1.54) is 0 Å². The lowest BCUT2D eigenvalue weighted by Gasteiger charge is -2.10. The van der Waals surface area contributed by atoms with Gasteiger partial charge in [-0.1, -0.05) is 98.6 Å². The van der Waals surface area contributed by atoms with Gasteiger partial charge in [0.05, 0.1) is 0 Å². The Morgan fingerprint density at radius 1 is 0.731 bits per heavy atom. The van der Waals surface area contributed by atoms with Gasteiger partial charge in [0.1, 0.15) is 0 Å². The number of hydrogen-bond acceptors (Lipinski definition) is 3. The fraction of sp³-hybridized carbons (Fsp3) is 0. The van der Waals surface area contributed by atoms with Crippen LogP contribution >= 0.6 is 0 Å². The molecule has 3 heteroatoms. The first-order valence-corrected chi connectivity index (χ1v) is 8.23. The Kier molecular flexibility index (Phi) is 5.30. The van der Waals surface area contributed by atoms with Crippen LogP contribution in [-0.2, 0) is 0 Å². The van der Waals surface area contributed by atoms with Gasteiger partial charge in [0.15, 0.2) is 17.5 Å². The zero-order chi connectivity index (χ0) is 18.4. The Hall–Kier alpha value is -3.59. The summed E-state index contributed by atoms with van der Waals surface area (Å²) in [6, 6.07) is 19.7. The molecule has 0 bridgehead atoms. The first kappa shape index (κ1) is 17.2. The first-order valence-electron chi connectivity index (χ1n) is 8.23. The lowest BCUT2D eigenvalue weighted by molar-refractivity contribution is 1.04. The Morgan fingerprint density at radius 2 is 1.23 bits per heavy atom. The number of rotatable bonds is 6. The second-order valence-electron chi connectivity index (χ2n) is 5.64. The van der Waals surface area contributed by atoms with Crippen molar-refractivity contribution in [1.29, 1.82) is 0 Å². The summed E-state index contributed by atoms with van der Waals surface area (Å²) in [6.45, 7) is 11.8. The van der Waals surface area contributed by atoms with Crippen molar-refractivity contribution >= 4 is 5.57 Å². The molecule has 26 heavy (non-hydrogen) atoms. The number of hydrogen-bond donors (Lipinski definition) is 0. The predicted molar refractivity (Wildman–Crippen MR) is 108 cm³/mol. The van der Waals surface area contributed by atoms with Crippen LogP contribution in [0.5, 0.6) is 0 Å². The van der Waals surface area contributed by atoms with Crippen molar-refractivity contribution in [3.63, 3.8) is 0 Å². The zero-order valence-corrected chi connectivity index (χ0v) is 14.5. The Balaban J connectivity index is 2.12. The molecular weight excluding hydrogens is 318 g/mol. The topological polar surface area (TPSA) is 38.7 Å². The van der Waals surface area contributed by atoms with Gasteiger partial charge in [0.25, 0.3) is 0 Å². The molecule has 0 aliphatic heterocycles. The highest BCUT2D eigenvalue weighted by Gasteiger charge is 2.13. The van der Waals surface area contributed by atoms with Crippen LogP contribution in [0, 0.1) is 0 Å². The number of benzene rings is 2. The first-order chi connectivity index (χ1) is 12.7. The summed E-state index contributed by atoms with van der Waals surface area (Å²) in [4.78, 5) is 13.9. The van der Waals surface area contributed by atoms with Gasteiger partial charge in [-0.3, -0.25) is 0 Å². The van der Waals surface area contributed by atoms with Gasteiger partial charge in [-0.15, -0.1) is 0 Å². The minimum Gasteiger partial charge on any atom is -0.208 e. The normalized spacial score (nSPS) is 10.6. The van der Waals surface area contributed by atoms with Crippen molar-refractivity contribution in [2.45, 2.75) is 0 Å². The van der Waals surface area contributed by atoms with Crippen LogP contribution in [0.15, 0.2) is 104 Å². The van der Waals surface area contributed by atoms with E-state index < -0.39 is 0 Å². The lowest BCUT2D eigenvalue weighted by atomic mass is 10.1. The van der Waals surface area contributed by atoms with Crippen molar-refractivity contribution in [2.24, 2.45) is 0 Å². The maximum Gasteiger partial charge on any atom is 0.164 e. The Labute approximate surface area is 153 Å². The van der Waals surface area contributed by atoms with Crippen LogP contribution in [0.3, 0.4) is 0 Å². The van der Waals surface area contributed by atoms with E-state index in [-0.39, 0.29) is 0 Å². The predicted octanol–water partition coefficient (Wildman–Crippen LogP) is 5.52. The van der Waals surface area contributed by atoms with Crippen LogP contribution in [0.4, 0.5) is 0 Å². The van der Waals surface area contributed by atoms with Gasteiger partial charge in [-0.05, 0) is 5.57 Å². The molecule has 0 saturated carbocycles. The fourth-order valence-electron chi connectivity index (χ4n) is 2.37. The average molecular weight is 337 g/mol. The van der Waals surface area contributed by atoms with E-state index in [2.05, 4.69) is 34.7 Å². The molecule has 1 heterocycles. The highest BCUT2D eigenvalue weighted by molar-refractivity contribution is 5.77. The van der Waals surface area contributed by atoms with Crippen LogP contribution in [0.25, 0.3) is 28.3 Å². The summed E-state index contributed by atoms with van der Waals surface area (Å²) in [5.74, 6) is 1.73. The SMILES string of the molecule is C=C/C=C\C(=C)C(=C)c1nc(-c2ccccc2)nc(-c2ccccc2)n1. The maximum absolute atomic E-state index is 4.65. The van der Waals surface area contributed by atoms with E-state index >= 15 is 0 Å². The standard InChI is InChI=1S/C23H19N3/c1-4-5-12-17(2)18(3)21-24-22(19-13-8-6-9-14-19)26-23(25-21)20-15-10-7-11-16-20/h4-16H,1-3H2/b12-5-. The summed E-state index contributed by atoms with van der Waals surface area (Å²) >= 11 is 0. The molecule has 1 aromatic heterocycles. The lowest BCUT2D eigenvalue weighted by Crippen LogP contribution is -2.03. The van der Waals surface area contributed by atoms with Crippen LogP contribution in [0.2, 0.25) is 0 Å². The Morgan fingerprint density at radius 3 is 1.69 bits per heavy atom. The van der Waals surface area contributed by atoms with Crippen LogP contribution in [-0.4, -0.2) is 15.0 Å². The number of allylic oxidation sites excluding steroid dienone is 5. The second kappa shape index (κ2) is 7.99. The monoisotopic (exact) mass is 337 g/mol.